The second-order valence-electron chi connectivity index (χ2n) is 10.5. The molecule has 0 radical (unpaired) electrons. The monoisotopic (exact) mass is 390 g/mol. The van der Waals surface area contributed by atoms with Crippen LogP contribution in [0.5, 0.6) is 0 Å². The van der Waals surface area contributed by atoms with Crippen LogP contribution in [0.4, 0.5) is 0 Å². The zero-order chi connectivity index (χ0) is 20.4. The van der Waals surface area contributed by atoms with Crippen molar-refractivity contribution in [3.05, 3.63) is 47.4 Å². The number of pyridine rings is 1. The predicted molar refractivity (Wildman–Crippen MR) is 117 cm³/mol. The Kier molecular flexibility index (Phi) is 4.31. The minimum absolute atomic E-state index is 0.152. The minimum atomic E-state index is 0.152. The second-order valence-corrected chi connectivity index (χ2v) is 10.5. The Hall–Kier alpha value is -1.90. The number of amides is 1. The van der Waals surface area contributed by atoms with E-state index in [9.17, 15) is 4.79 Å². The Labute approximate surface area is 175 Å². The first-order chi connectivity index (χ1) is 13.8. The highest BCUT2D eigenvalue weighted by atomic mass is 16.2. The van der Waals surface area contributed by atoms with Crippen LogP contribution in [0.1, 0.15) is 69.9 Å². The lowest BCUT2D eigenvalue weighted by atomic mass is 9.49. The molecule has 0 aromatic carbocycles. The van der Waals surface area contributed by atoms with Crippen LogP contribution >= 0.6 is 0 Å². The predicted octanol–water partition coefficient (Wildman–Crippen LogP) is 5.76. The van der Waals surface area contributed by atoms with Crippen LogP contribution in [0.15, 0.2) is 36.3 Å². The molecule has 5 unspecified atom stereocenters. The third-order valence-corrected chi connectivity index (χ3v) is 9.01. The summed E-state index contributed by atoms with van der Waals surface area (Å²) in [5, 5.41) is 0. The van der Waals surface area contributed by atoms with Crippen LogP contribution in [-0.2, 0) is 4.79 Å². The molecule has 1 aliphatic heterocycles. The first kappa shape index (κ1) is 19.1. The zero-order valence-corrected chi connectivity index (χ0v) is 18.4. The maximum atomic E-state index is 12.5. The first-order valence-corrected chi connectivity index (χ1v) is 11.4. The molecule has 3 heteroatoms. The average molecular weight is 391 g/mol. The van der Waals surface area contributed by atoms with Crippen LogP contribution in [-0.4, -0.2) is 22.8 Å². The summed E-state index contributed by atoms with van der Waals surface area (Å²) < 4.78 is 0. The van der Waals surface area contributed by atoms with Gasteiger partial charge in [-0.3, -0.25) is 9.78 Å². The molecule has 1 aromatic rings. The number of hydrogen-bond acceptors (Lipinski definition) is 2. The molecule has 4 aliphatic rings. The Morgan fingerprint density at radius 3 is 2.69 bits per heavy atom. The number of carbonyl (C=O) groups is 1. The number of likely N-dealkylation sites (tertiary alicyclic amines) is 1. The molecule has 1 saturated carbocycles. The van der Waals surface area contributed by atoms with Crippen LogP contribution in [0.2, 0.25) is 0 Å². The third kappa shape index (κ3) is 2.69. The quantitative estimate of drug-likeness (QED) is 0.610. The van der Waals surface area contributed by atoms with Gasteiger partial charge in [-0.05, 0) is 91.4 Å². The highest BCUT2D eigenvalue weighted by molar-refractivity contribution is 5.78. The lowest BCUT2D eigenvalue weighted by molar-refractivity contribution is -0.128. The van der Waals surface area contributed by atoms with E-state index < -0.39 is 0 Å². The van der Waals surface area contributed by atoms with Crippen molar-refractivity contribution in [3.8, 4) is 0 Å². The minimum Gasteiger partial charge on any atom is -0.319 e. The van der Waals surface area contributed by atoms with Crippen molar-refractivity contribution in [2.24, 2.45) is 28.6 Å². The zero-order valence-electron chi connectivity index (χ0n) is 18.4. The molecule has 2 fully saturated rings. The summed E-state index contributed by atoms with van der Waals surface area (Å²) >= 11 is 0. The highest BCUT2D eigenvalue weighted by Gasteiger charge is 2.57. The van der Waals surface area contributed by atoms with Crippen molar-refractivity contribution in [1.82, 2.24) is 9.88 Å². The molecule has 2 heterocycles. The lowest BCUT2D eigenvalue weighted by Gasteiger charge is -2.56. The van der Waals surface area contributed by atoms with Crippen LogP contribution in [0.3, 0.4) is 0 Å². The molecule has 0 spiro atoms. The summed E-state index contributed by atoms with van der Waals surface area (Å²) in [5.74, 6) is 2.42. The number of hydrogen-bond donors (Lipinski definition) is 0. The molecule has 1 amide bonds. The molecule has 3 nitrogen and oxygen atoms in total. The van der Waals surface area contributed by atoms with E-state index in [2.05, 4.69) is 50.2 Å². The summed E-state index contributed by atoms with van der Waals surface area (Å²) in [6.07, 6.45) is 16.7. The lowest BCUT2D eigenvalue weighted by Crippen LogP contribution is -2.50. The van der Waals surface area contributed by atoms with E-state index in [4.69, 9.17) is 0 Å². The molecule has 5 rings (SSSR count). The van der Waals surface area contributed by atoms with Gasteiger partial charge in [-0.25, -0.2) is 0 Å². The molecular formula is C26H34N2O. The van der Waals surface area contributed by atoms with E-state index >= 15 is 0 Å². The highest BCUT2D eigenvalue weighted by Crippen LogP contribution is 2.65. The standard InChI is InChI=1S/C26H34N2O/c1-17-14-18(16-27-15-17)20-8-9-21-19-7-10-23-26(3,12-5-6-24(29)28(23)4)22(19)11-13-25(20,21)2/h8,10,14-16,19,21-22H,5-7,9,11-13H2,1-4H3. The third-order valence-electron chi connectivity index (χ3n) is 9.01. The Bertz CT molecular complexity index is 915. The molecule has 0 bridgehead atoms. The van der Waals surface area contributed by atoms with Gasteiger partial charge in [0.1, 0.15) is 0 Å². The molecule has 1 saturated heterocycles. The first-order valence-electron chi connectivity index (χ1n) is 11.4. The van der Waals surface area contributed by atoms with Gasteiger partial charge in [0.15, 0.2) is 0 Å². The van der Waals surface area contributed by atoms with Crippen molar-refractivity contribution in [3.63, 3.8) is 0 Å². The van der Waals surface area contributed by atoms with Crippen molar-refractivity contribution >= 4 is 11.5 Å². The van der Waals surface area contributed by atoms with Gasteiger partial charge in [0.2, 0.25) is 5.91 Å². The molecule has 5 atom stereocenters. The fourth-order valence-electron chi connectivity index (χ4n) is 7.54. The molecule has 29 heavy (non-hydrogen) atoms. The molecule has 0 N–H and O–H groups in total. The van der Waals surface area contributed by atoms with Crippen molar-refractivity contribution in [1.29, 1.82) is 0 Å². The van der Waals surface area contributed by atoms with Crippen LogP contribution in [0.25, 0.3) is 5.57 Å². The van der Waals surface area contributed by atoms with Gasteiger partial charge in [-0.15, -0.1) is 0 Å². The van der Waals surface area contributed by atoms with Crippen LogP contribution in [0, 0.1) is 35.5 Å². The van der Waals surface area contributed by atoms with Gasteiger partial charge in [-0.1, -0.05) is 26.0 Å². The Morgan fingerprint density at radius 1 is 1.07 bits per heavy atom. The second kappa shape index (κ2) is 6.55. The summed E-state index contributed by atoms with van der Waals surface area (Å²) in [7, 11) is 2.00. The number of allylic oxidation sites excluding steroid dienone is 4. The van der Waals surface area contributed by atoms with Crippen molar-refractivity contribution in [2.45, 2.75) is 65.7 Å². The van der Waals surface area contributed by atoms with Crippen molar-refractivity contribution in [2.75, 3.05) is 7.05 Å². The summed E-state index contributed by atoms with van der Waals surface area (Å²) in [5.41, 5.74) is 5.83. The van der Waals surface area contributed by atoms with Gasteiger partial charge in [0.05, 0.1) is 0 Å². The largest absolute Gasteiger partial charge is 0.319 e. The fourth-order valence-corrected chi connectivity index (χ4v) is 7.54. The molecule has 1 aromatic heterocycles. The van der Waals surface area contributed by atoms with E-state index in [0.29, 0.717) is 24.2 Å². The number of fused-ring (bicyclic) bond motifs is 5. The van der Waals surface area contributed by atoms with Gasteiger partial charge in [-0.2, -0.15) is 0 Å². The number of aryl methyl sites for hydroxylation is 1. The number of nitrogens with zero attached hydrogens (tertiary/aromatic N) is 2. The smallest absolute Gasteiger partial charge is 0.226 e. The van der Waals surface area contributed by atoms with Gasteiger partial charge < -0.3 is 4.90 Å². The number of rotatable bonds is 1. The van der Waals surface area contributed by atoms with Gasteiger partial charge in [0.25, 0.3) is 0 Å². The Morgan fingerprint density at radius 2 is 1.90 bits per heavy atom. The van der Waals surface area contributed by atoms with E-state index in [1.807, 2.05) is 18.1 Å². The normalized spacial score (nSPS) is 39.1. The average Bonchev–Trinajstić information content (AvgIpc) is 2.99. The topological polar surface area (TPSA) is 33.2 Å². The van der Waals surface area contributed by atoms with Crippen molar-refractivity contribution < 1.29 is 4.79 Å². The maximum Gasteiger partial charge on any atom is 0.226 e. The fraction of sp³-hybridized carbons (Fsp3) is 0.615. The van der Waals surface area contributed by atoms with Gasteiger partial charge in [0, 0.05) is 37.0 Å². The summed E-state index contributed by atoms with van der Waals surface area (Å²) in [4.78, 5) is 19.0. The van der Waals surface area contributed by atoms with Crippen LogP contribution < -0.4 is 0 Å². The summed E-state index contributed by atoms with van der Waals surface area (Å²) in [6, 6.07) is 2.31. The molecule has 3 aliphatic carbocycles. The Balaban J connectivity index is 1.50. The van der Waals surface area contributed by atoms with E-state index in [-0.39, 0.29) is 10.8 Å². The summed E-state index contributed by atoms with van der Waals surface area (Å²) in [6.45, 7) is 7.11. The SMILES string of the molecule is Cc1cncc(C2=CCC3C4CC=C5N(C)C(=O)CCCC5(C)C4CCC23C)c1. The van der Waals surface area contributed by atoms with E-state index in [0.717, 1.165) is 25.2 Å². The maximum absolute atomic E-state index is 12.5. The number of carbonyl (C=O) groups excluding carboxylic acids is 1. The van der Waals surface area contributed by atoms with Gasteiger partial charge >= 0.3 is 0 Å². The molecular weight excluding hydrogens is 356 g/mol. The number of aromatic nitrogens is 1. The molecule has 154 valence electrons. The van der Waals surface area contributed by atoms with E-state index in [1.54, 1.807) is 0 Å². The van der Waals surface area contributed by atoms with E-state index in [1.165, 1.54) is 41.7 Å².